The van der Waals surface area contributed by atoms with Gasteiger partial charge in [-0.05, 0) is 98.6 Å². The molecule has 0 saturated carbocycles. The Labute approximate surface area is 323 Å². The highest BCUT2D eigenvalue weighted by Crippen LogP contribution is 2.55. The molecule has 0 bridgehead atoms. The maximum absolute atomic E-state index is 2.53. The van der Waals surface area contributed by atoms with Crippen LogP contribution in [0.5, 0.6) is 0 Å². The molecule has 1 aliphatic heterocycles. The third-order valence-corrected chi connectivity index (χ3v) is 11.4. The van der Waals surface area contributed by atoms with Crippen molar-refractivity contribution in [1.82, 2.24) is 0 Å². The van der Waals surface area contributed by atoms with Gasteiger partial charge in [0.05, 0.1) is 17.1 Å². The summed E-state index contributed by atoms with van der Waals surface area (Å²) in [5, 5.41) is 4.92. The molecule has 0 N–H and O–H groups in total. The maximum Gasteiger partial charge on any atom is 0.0618 e. The van der Waals surface area contributed by atoms with Gasteiger partial charge in [0, 0.05) is 33.4 Å². The average molecular weight is 705 g/mol. The molecule has 2 nitrogen and oxygen atoms in total. The number of hydrogen-bond acceptors (Lipinski definition) is 2. The van der Waals surface area contributed by atoms with Gasteiger partial charge in [0.25, 0.3) is 0 Å². The maximum atomic E-state index is 2.53. The molecule has 0 spiro atoms. The van der Waals surface area contributed by atoms with Gasteiger partial charge < -0.3 is 9.80 Å². The second kappa shape index (κ2) is 13.2. The molecule has 262 valence electrons. The van der Waals surface area contributed by atoms with Gasteiger partial charge in [0.1, 0.15) is 0 Å². The molecule has 55 heavy (non-hydrogen) atoms. The molecule has 0 aliphatic carbocycles. The first-order chi connectivity index (χ1) is 27.0. The molecule has 0 amide bonds. The predicted molar refractivity (Wildman–Crippen MR) is 234 cm³/mol. The van der Waals surface area contributed by atoms with Crippen LogP contribution >= 0.6 is 0 Å². The van der Waals surface area contributed by atoms with Crippen molar-refractivity contribution in [3.63, 3.8) is 0 Å². The molecule has 2 heteroatoms. The van der Waals surface area contributed by atoms with Gasteiger partial charge >= 0.3 is 0 Å². The Hall–Kier alpha value is -6.90. The second-order valence-electron chi connectivity index (χ2n) is 15.0. The second-order valence-corrected chi connectivity index (χ2v) is 15.0. The fourth-order valence-electron chi connectivity index (χ4n) is 8.64. The van der Waals surface area contributed by atoms with E-state index in [1.54, 1.807) is 0 Å². The van der Waals surface area contributed by atoms with Crippen molar-refractivity contribution < 1.29 is 0 Å². The van der Waals surface area contributed by atoms with Crippen molar-refractivity contribution >= 4 is 55.7 Å². The molecular weight excluding hydrogens is 665 g/mol. The summed E-state index contributed by atoms with van der Waals surface area (Å²) in [6.45, 7) is 4.75. The largest absolute Gasteiger partial charge is 0.310 e. The fourth-order valence-corrected chi connectivity index (χ4v) is 8.64. The van der Waals surface area contributed by atoms with E-state index >= 15 is 0 Å². The smallest absolute Gasteiger partial charge is 0.0618 e. The lowest BCUT2D eigenvalue weighted by Crippen LogP contribution is -2.31. The van der Waals surface area contributed by atoms with Crippen LogP contribution in [0.2, 0.25) is 0 Å². The summed E-state index contributed by atoms with van der Waals surface area (Å²) in [5.41, 5.74) is 14.2. The summed E-state index contributed by atoms with van der Waals surface area (Å²) in [5.74, 6) is 0. The first-order valence-electron chi connectivity index (χ1n) is 19.1. The topological polar surface area (TPSA) is 6.48 Å². The van der Waals surface area contributed by atoms with E-state index in [2.05, 4.69) is 230 Å². The van der Waals surface area contributed by atoms with Crippen LogP contribution in [-0.2, 0) is 5.41 Å². The Morgan fingerprint density at radius 1 is 0.382 bits per heavy atom. The summed E-state index contributed by atoms with van der Waals surface area (Å²) in [7, 11) is 0. The summed E-state index contributed by atoms with van der Waals surface area (Å²) < 4.78 is 0. The number of anilines is 6. The van der Waals surface area contributed by atoms with Crippen LogP contribution in [0.3, 0.4) is 0 Å². The van der Waals surface area contributed by atoms with E-state index in [0.717, 1.165) is 17.1 Å². The zero-order chi connectivity index (χ0) is 36.9. The van der Waals surface area contributed by atoms with Gasteiger partial charge in [-0.1, -0.05) is 166 Å². The van der Waals surface area contributed by atoms with Crippen LogP contribution in [0.15, 0.2) is 206 Å². The Morgan fingerprint density at radius 2 is 0.982 bits per heavy atom. The summed E-state index contributed by atoms with van der Waals surface area (Å²) in [6, 6.07) is 75.2. The van der Waals surface area contributed by atoms with Crippen LogP contribution in [0.1, 0.15) is 25.0 Å². The number of rotatable bonds is 6. The predicted octanol–water partition coefficient (Wildman–Crippen LogP) is 14.9. The zero-order valence-corrected chi connectivity index (χ0v) is 31.0. The van der Waals surface area contributed by atoms with Crippen molar-refractivity contribution in [3.05, 3.63) is 217 Å². The Balaban J connectivity index is 1.15. The first-order valence-corrected chi connectivity index (χ1v) is 19.1. The van der Waals surface area contributed by atoms with Crippen molar-refractivity contribution in [3.8, 4) is 22.3 Å². The van der Waals surface area contributed by atoms with E-state index in [1.165, 1.54) is 72.0 Å². The van der Waals surface area contributed by atoms with Gasteiger partial charge in [0.15, 0.2) is 0 Å². The number of hydrogen-bond donors (Lipinski definition) is 0. The third-order valence-electron chi connectivity index (χ3n) is 11.4. The minimum absolute atomic E-state index is 0.241. The monoisotopic (exact) mass is 704 g/mol. The minimum atomic E-state index is -0.241. The van der Waals surface area contributed by atoms with Crippen LogP contribution in [-0.4, -0.2) is 0 Å². The summed E-state index contributed by atoms with van der Waals surface area (Å²) in [6.07, 6.45) is 0. The highest BCUT2D eigenvalue weighted by atomic mass is 15.2. The van der Waals surface area contributed by atoms with Crippen molar-refractivity contribution in [2.24, 2.45) is 0 Å². The van der Waals surface area contributed by atoms with Crippen molar-refractivity contribution in [1.29, 1.82) is 0 Å². The molecule has 1 heterocycles. The molecule has 0 radical (unpaired) electrons. The van der Waals surface area contributed by atoms with Crippen molar-refractivity contribution in [2.75, 3.05) is 9.80 Å². The normalized spacial score (nSPS) is 13.0. The minimum Gasteiger partial charge on any atom is -0.310 e. The molecular formula is C53H40N2. The standard InChI is InChI=1S/C53H40N2/c1-53(2)48-26-13-14-27-50(48)55(52-46-25-12-11-19-39(46)29-32-47(52)38-17-5-3-6-18-38)51-33-30-42(36-49(51)53)41-21-15-24-44(35-41)54(43-22-7-4-8-23-43)45-31-28-37-16-9-10-20-40(37)34-45/h3-36H,1-2H3. The van der Waals surface area contributed by atoms with Crippen LogP contribution in [0.25, 0.3) is 43.8 Å². The van der Waals surface area contributed by atoms with E-state index in [9.17, 15) is 0 Å². The molecule has 9 aromatic carbocycles. The van der Waals surface area contributed by atoms with E-state index in [0.29, 0.717) is 0 Å². The molecule has 0 unspecified atom stereocenters. The number of fused-ring (bicyclic) bond motifs is 4. The number of nitrogens with zero attached hydrogens (tertiary/aromatic N) is 2. The van der Waals surface area contributed by atoms with Gasteiger partial charge in [-0.15, -0.1) is 0 Å². The van der Waals surface area contributed by atoms with Gasteiger partial charge in [-0.3, -0.25) is 0 Å². The highest BCUT2D eigenvalue weighted by Gasteiger charge is 2.38. The Morgan fingerprint density at radius 3 is 1.82 bits per heavy atom. The van der Waals surface area contributed by atoms with Gasteiger partial charge in [-0.25, -0.2) is 0 Å². The first kappa shape index (κ1) is 32.7. The third kappa shape index (κ3) is 5.57. The SMILES string of the molecule is CC1(C)c2ccccc2N(c2c(-c3ccccc3)ccc3ccccc23)c2ccc(-c3cccc(N(c4ccccc4)c4ccc5ccccc5c4)c3)cc21. The quantitative estimate of drug-likeness (QED) is 0.170. The van der Waals surface area contributed by atoms with Crippen LogP contribution in [0, 0.1) is 0 Å². The van der Waals surface area contributed by atoms with Gasteiger partial charge in [-0.2, -0.15) is 0 Å². The number of para-hydroxylation sites is 2. The number of benzene rings is 9. The highest BCUT2D eigenvalue weighted by molar-refractivity contribution is 6.07. The fraction of sp³-hybridized carbons (Fsp3) is 0.0566. The molecule has 1 aliphatic rings. The van der Waals surface area contributed by atoms with E-state index in [1.807, 2.05) is 0 Å². The lowest BCUT2D eigenvalue weighted by atomic mass is 9.72. The van der Waals surface area contributed by atoms with Crippen molar-refractivity contribution in [2.45, 2.75) is 19.3 Å². The molecule has 0 fully saturated rings. The molecule has 10 rings (SSSR count). The molecule has 0 atom stereocenters. The Kier molecular flexibility index (Phi) is 7.85. The lowest BCUT2D eigenvalue weighted by Gasteiger charge is -2.43. The molecule has 0 aromatic heterocycles. The summed E-state index contributed by atoms with van der Waals surface area (Å²) >= 11 is 0. The Bertz CT molecular complexity index is 2850. The molecule has 0 saturated heterocycles. The van der Waals surface area contributed by atoms with E-state index < -0.39 is 0 Å². The van der Waals surface area contributed by atoms with Crippen LogP contribution in [0.4, 0.5) is 34.1 Å². The van der Waals surface area contributed by atoms with Crippen LogP contribution < -0.4 is 9.80 Å². The van der Waals surface area contributed by atoms with E-state index in [4.69, 9.17) is 0 Å². The summed E-state index contributed by atoms with van der Waals surface area (Å²) in [4.78, 5) is 4.89. The van der Waals surface area contributed by atoms with Gasteiger partial charge in [0.2, 0.25) is 0 Å². The molecule has 9 aromatic rings. The zero-order valence-electron chi connectivity index (χ0n) is 31.0. The lowest BCUT2D eigenvalue weighted by molar-refractivity contribution is 0.632. The van der Waals surface area contributed by atoms with E-state index in [-0.39, 0.29) is 5.41 Å². The average Bonchev–Trinajstić information content (AvgIpc) is 3.24.